The summed E-state index contributed by atoms with van der Waals surface area (Å²) in [5.74, 6) is 0.507. The average molecular weight is 192 g/mol. The van der Waals surface area contributed by atoms with Crippen LogP contribution in [0.3, 0.4) is 0 Å². The molecule has 0 aliphatic heterocycles. The van der Waals surface area contributed by atoms with Gasteiger partial charge in [-0.3, -0.25) is 4.79 Å². The number of hydrogen-bond acceptors (Lipinski definition) is 4. The van der Waals surface area contributed by atoms with Crippen LogP contribution in [0.15, 0.2) is 0 Å². The van der Waals surface area contributed by atoms with Crippen molar-refractivity contribution in [3.05, 3.63) is 0 Å². The molecule has 0 aliphatic rings. The first-order chi connectivity index (χ1) is 5.63. The largest absolute Gasteiger partial charge is 0.395 e. The number of nitrogens with two attached hydrogens (primary N) is 1. The van der Waals surface area contributed by atoms with Gasteiger partial charge in [0.05, 0.1) is 12.6 Å². The molecule has 0 spiro atoms. The van der Waals surface area contributed by atoms with E-state index < -0.39 is 6.04 Å². The fraction of sp³-hybridized carbons (Fsp3) is 0.857. The van der Waals surface area contributed by atoms with Gasteiger partial charge in [0.2, 0.25) is 5.91 Å². The maximum Gasteiger partial charge on any atom is 0.240 e. The highest BCUT2D eigenvalue weighted by molar-refractivity contribution is 7.98. The van der Waals surface area contributed by atoms with E-state index in [0.717, 1.165) is 0 Å². The van der Waals surface area contributed by atoms with Crippen LogP contribution in [-0.2, 0) is 4.79 Å². The predicted molar refractivity (Wildman–Crippen MR) is 51.1 cm³/mol. The van der Waals surface area contributed by atoms with Crippen molar-refractivity contribution >= 4 is 17.7 Å². The number of nitrogens with zero attached hydrogens (tertiary/aromatic N) is 1. The lowest BCUT2D eigenvalue weighted by Gasteiger charge is -2.19. The van der Waals surface area contributed by atoms with Crippen LogP contribution in [0.2, 0.25) is 0 Å². The molecule has 0 saturated heterocycles. The van der Waals surface area contributed by atoms with Gasteiger partial charge in [-0.15, -0.1) is 0 Å². The van der Waals surface area contributed by atoms with E-state index in [4.69, 9.17) is 10.8 Å². The summed E-state index contributed by atoms with van der Waals surface area (Å²) >= 11 is 1.54. The summed E-state index contributed by atoms with van der Waals surface area (Å²) in [6, 6.07) is -0.448. The molecule has 0 heterocycles. The predicted octanol–water partition coefficient (Wildman–Crippen LogP) is -0.873. The number of carbonyl (C=O) groups excluding carboxylic acids is 1. The van der Waals surface area contributed by atoms with Gasteiger partial charge in [-0.1, -0.05) is 0 Å². The number of likely N-dealkylation sites (N-methyl/N-ethyl adjacent to an activating group) is 1. The van der Waals surface area contributed by atoms with Gasteiger partial charge in [-0.25, -0.2) is 0 Å². The van der Waals surface area contributed by atoms with Crippen LogP contribution in [0.5, 0.6) is 0 Å². The summed E-state index contributed by atoms with van der Waals surface area (Å²) in [4.78, 5) is 12.7. The number of aliphatic hydroxyl groups excluding tert-OH is 1. The van der Waals surface area contributed by atoms with Gasteiger partial charge in [0.25, 0.3) is 0 Å². The highest BCUT2D eigenvalue weighted by Gasteiger charge is 2.16. The Morgan fingerprint density at radius 2 is 2.33 bits per heavy atom. The normalized spacial score (nSPS) is 12.7. The fourth-order valence-electron chi connectivity index (χ4n) is 0.794. The van der Waals surface area contributed by atoms with E-state index >= 15 is 0 Å². The summed E-state index contributed by atoms with van der Waals surface area (Å²) < 4.78 is 0. The molecule has 0 saturated carbocycles. The summed E-state index contributed by atoms with van der Waals surface area (Å²) in [7, 11) is 1.64. The highest BCUT2D eigenvalue weighted by Crippen LogP contribution is 1.97. The molecule has 0 fully saturated rings. The molecule has 0 aromatic carbocycles. The molecular weight excluding hydrogens is 176 g/mol. The van der Waals surface area contributed by atoms with Gasteiger partial charge < -0.3 is 15.7 Å². The molecular formula is C7H16N2O2S. The molecule has 3 N–H and O–H groups in total. The van der Waals surface area contributed by atoms with Crippen molar-refractivity contribution < 1.29 is 9.90 Å². The number of hydrogen-bond donors (Lipinski definition) is 2. The molecule has 1 atom stereocenters. The maximum absolute atomic E-state index is 11.3. The van der Waals surface area contributed by atoms with Crippen LogP contribution in [0.4, 0.5) is 0 Å². The van der Waals surface area contributed by atoms with Crippen molar-refractivity contribution in [2.45, 2.75) is 6.04 Å². The zero-order chi connectivity index (χ0) is 9.56. The van der Waals surface area contributed by atoms with Crippen molar-refractivity contribution in [3.63, 3.8) is 0 Å². The van der Waals surface area contributed by atoms with Crippen molar-refractivity contribution in [1.29, 1.82) is 0 Å². The van der Waals surface area contributed by atoms with Gasteiger partial charge in [-0.05, 0) is 6.26 Å². The Hall–Kier alpha value is -0.260. The van der Waals surface area contributed by atoms with Crippen LogP contribution in [-0.4, -0.2) is 54.2 Å². The minimum absolute atomic E-state index is 0.0196. The summed E-state index contributed by atoms with van der Waals surface area (Å²) in [5, 5.41) is 8.56. The third kappa shape index (κ3) is 3.94. The van der Waals surface area contributed by atoms with Gasteiger partial charge in [-0.2, -0.15) is 11.8 Å². The number of aliphatic hydroxyl groups is 1. The average Bonchev–Trinajstić information content (AvgIpc) is 2.04. The minimum Gasteiger partial charge on any atom is -0.395 e. The van der Waals surface area contributed by atoms with Crippen molar-refractivity contribution in [2.75, 3.05) is 32.2 Å². The zero-order valence-corrected chi connectivity index (χ0v) is 8.30. The molecule has 1 unspecified atom stereocenters. The minimum atomic E-state index is -0.448. The Morgan fingerprint density at radius 3 is 2.75 bits per heavy atom. The van der Waals surface area contributed by atoms with Gasteiger partial charge in [0, 0.05) is 19.3 Å². The second-order valence-corrected chi connectivity index (χ2v) is 3.46. The molecule has 72 valence electrons. The number of amides is 1. The standard InChI is InChI=1S/C7H16N2O2S/c1-9(3-4-10)7(11)6(8)5-12-2/h6,10H,3-5,8H2,1-2H3. The monoisotopic (exact) mass is 192 g/mol. The van der Waals surface area contributed by atoms with Crippen LogP contribution in [0, 0.1) is 0 Å². The van der Waals surface area contributed by atoms with Crippen LogP contribution in [0.1, 0.15) is 0 Å². The van der Waals surface area contributed by atoms with E-state index in [0.29, 0.717) is 12.3 Å². The van der Waals surface area contributed by atoms with Gasteiger partial charge >= 0.3 is 0 Å². The first-order valence-corrected chi connectivity index (χ1v) is 5.13. The second kappa shape index (κ2) is 6.28. The molecule has 0 radical (unpaired) electrons. The smallest absolute Gasteiger partial charge is 0.240 e. The number of carbonyl (C=O) groups is 1. The summed E-state index contributed by atoms with van der Waals surface area (Å²) in [6.45, 7) is 0.329. The lowest BCUT2D eigenvalue weighted by Crippen LogP contribution is -2.44. The third-order valence-corrected chi connectivity index (χ3v) is 2.17. The zero-order valence-electron chi connectivity index (χ0n) is 7.49. The van der Waals surface area contributed by atoms with Crippen LogP contribution >= 0.6 is 11.8 Å². The SMILES string of the molecule is CSCC(N)C(=O)N(C)CCO. The quantitative estimate of drug-likeness (QED) is 0.594. The van der Waals surface area contributed by atoms with Gasteiger partial charge in [0.1, 0.15) is 0 Å². The number of thioether (sulfide) groups is 1. The fourth-order valence-corrected chi connectivity index (χ4v) is 1.30. The maximum atomic E-state index is 11.3. The molecule has 5 heteroatoms. The molecule has 0 rings (SSSR count). The highest BCUT2D eigenvalue weighted by atomic mass is 32.2. The Morgan fingerprint density at radius 1 is 1.75 bits per heavy atom. The Labute approximate surface area is 77.1 Å². The van der Waals surface area contributed by atoms with Gasteiger partial charge in [0.15, 0.2) is 0 Å². The Balaban J connectivity index is 3.82. The van der Waals surface area contributed by atoms with Crippen molar-refractivity contribution in [2.24, 2.45) is 5.73 Å². The van der Waals surface area contributed by atoms with E-state index in [1.165, 1.54) is 16.7 Å². The lowest BCUT2D eigenvalue weighted by atomic mass is 10.3. The molecule has 0 aromatic rings. The van der Waals surface area contributed by atoms with Crippen molar-refractivity contribution in [3.8, 4) is 0 Å². The van der Waals surface area contributed by atoms with E-state index in [1.807, 2.05) is 6.26 Å². The molecule has 1 amide bonds. The third-order valence-electron chi connectivity index (χ3n) is 1.48. The summed E-state index contributed by atoms with van der Waals surface area (Å²) in [5.41, 5.74) is 5.57. The Kier molecular flexibility index (Phi) is 6.14. The van der Waals surface area contributed by atoms with E-state index in [-0.39, 0.29) is 12.5 Å². The topological polar surface area (TPSA) is 66.6 Å². The first kappa shape index (κ1) is 11.7. The molecule has 0 bridgehead atoms. The van der Waals surface area contributed by atoms with Crippen LogP contribution < -0.4 is 5.73 Å². The molecule has 4 nitrogen and oxygen atoms in total. The molecule has 0 aliphatic carbocycles. The van der Waals surface area contributed by atoms with E-state index in [2.05, 4.69) is 0 Å². The first-order valence-electron chi connectivity index (χ1n) is 3.73. The summed E-state index contributed by atoms with van der Waals surface area (Å²) in [6.07, 6.45) is 1.90. The lowest BCUT2D eigenvalue weighted by molar-refractivity contribution is -0.131. The van der Waals surface area contributed by atoms with E-state index in [1.54, 1.807) is 7.05 Å². The van der Waals surface area contributed by atoms with Crippen molar-refractivity contribution in [1.82, 2.24) is 4.90 Å². The second-order valence-electron chi connectivity index (χ2n) is 2.55. The number of rotatable bonds is 5. The van der Waals surface area contributed by atoms with Crippen LogP contribution in [0.25, 0.3) is 0 Å². The molecule has 0 aromatic heterocycles. The Bertz CT molecular complexity index is 129. The molecule has 12 heavy (non-hydrogen) atoms. The van der Waals surface area contributed by atoms with E-state index in [9.17, 15) is 4.79 Å².